The van der Waals surface area contributed by atoms with E-state index in [1.54, 1.807) is 0 Å². The number of hydrogen-bond donors (Lipinski definition) is 0. The maximum atomic E-state index is 11.8. The van der Waals surface area contributed by atoms with E-state index in [4.69, 9.17) is 0 Å². The van der Waals surface area contributed by atoms with Crippen LogP contribution in [0.2, 0.25) is 0 Å². The summed E-state index contributed by atoms with van der Waals surface area (Å²) in [6, 6.07) is 0. The number of carbonyl (C=O) groups excluding carboxylic acids is 1. The van der Waals surface area contributed by atoms with Crippen molar-refractivity contribution in [2.45, 2.75) is 40.0 Å². The smallest absolute Gasteiger partial charge is 0.136 e. The summed E-state index contributed by atoms with van der Waals surface area (Å²) in [6.45, 7) is 6.35. The fraction of sp³-hybridized carbons (Fsp3) is 0.917. The molecule has 1 rings (SSSR count). The van der Waals surface area contributed by atoms with Gasteiger partial charge in [-0.05, 0) is 36.2 Å². The lowest BCUT2D eigenvalue weighted by Crippen LogP contribution is -2.22. The Labute approximate surface area is 92.0 Å². The van der Waals surface area contributed by atoms with Gasteiger partial charge in [0.15, 0.2) is 0 Å². The molecular formula is C12H22OS. The van der Waals surface area contributed by atoms with Gasteiger partial charge in [-0.3, -0.25) is 4.79 Å². The van der Waals surface area contributed by atoms with Crippen LogP contribution in [0.1, 0.15) is 40.0 Å². The van der Waals surface area contributed by atoms with Gasteiger partial charge in [0.2, 0.25) is 0 Å². The first-order valence-electron chi connectivity index (χ1n) is 5.71. The molecule has 1 aliphatic heterocycles. The molecular weight excluding hydrogens is 192 g/mol. The van der Waals surface area contributed by atoms with Crippen molar-refractivity contribution in [3.8, 4) is 0 Å². The molecule has 1 atom stereocenters. The standard InChI is InChI=1S/C12H22OS/c1-9(2)10(3)12(13)8-11-4-6-14-7-5-11/h9-11H,4-8H2,1-3H3. The highest BCUT2D eigenvalue weighted by molar-refractivity contribution is 7.99. The highest BCUT2D eigenvalue weighted by Gasteiger charge is 2.22. The van der Waals surface area contributed by atoms with Crippen molar-refractivity contribution in [3.05, 3.63) is 0 Å². The Kier molecular flexibility index (Phi) is 5.00. The largest absolute Gasteiger partial charge is 0.299 e. The van der Waals surface area contributed by atoms with Crippen molar-refractivity contribution in [3.63, 3.8) is 0 Å². The van der Waals surface area contributed by atoms with Crippen LogP contribution in [0, 0.1) is 17.8 Å². The molecule has 0 saturated carbocycles. The third-order valence-corrected chi connectivity index (χ3v) is 4.39. The van der Waals surface area contributed by atoms with Gasteiger partial charge in [0.05, 0.1) is 0 Å². The number of ketones is 1. The molecule has 1 nitrogen and oxygen atoms in total. The van der Waals surface area contributed by atoms with E-state index >= 15 is 0 Å². The zero-order valence-corrected chi connectivity index (χ0v) is 10.4. The zero-order valence-electron chi connectivity index (χ0n) is 9.58. The van der Waals surface area contributed by atoms with Crippen LogP contribution < -0.4 is 0 Å². The minimum atomic E-state index is 0.254. The van der Waals surface area contributed by atoms with E-state index in [-0.39, 0.29) is 5.92 Å². The summed E-state index contributed by atoms with van der Waals surface area (Å²) in [7, 11) is 0. The van der Waals surface area contributed by atoms with Crippen molar-refractivity contribution >= 4 is 17.5 Å². The second-order valence-corrected chi connectivity index (χ2v) is 5.98. The lowest BCUT2D eigenvalue weighted by atomic mass is 9.86. The number of thioether (sulfide) groups is 1. The average Bonchev–Trinajstić information content (AvgIpc) is 2.18. The Morgan fingerprint density at radius 2 is 1.86 bits per heavy atom. The molecule has 1 saturated heterocycles. The first kappa shape index (κ1) is 12.1. The summed E-state index contributed by atoms with van der Waals surface area (Å²) < 4.78 is 0. The van der Waals surface area contributed by atoms with Gasteiger partial charge in [-0.25, -0.2) is 0 Å². The number of carbonyl (C=O) groups is 1. The summed E-state index contributed by atoms with van der Waals surface area (Å²) in [4.78, 5) is 11.8. The van der Waals surface area contributed by atoms with Crippen LogP contribution in [0.4, 0.5) is 0 Å². The first-order valence-corrected chi connectivity index (χ1v) is 6.87. The van der Waals surface area contributed by atoms with Crippen molar-refractivity contribution in [2.24, 2.45) is 17.8 Å². The van der Waals surface area contributed by atoms with Gasteiger partial charge in [-0.2, -0.15) is 11.8 Å². The second kappa shape index (κ2) is 5.79. The zero-order chi connectivity index (χ0) is 10.6. The topological polar surface area (TPSA) is 17.1 Å². The third kappa shape index (κ3) is 3.64. The van der Waals surface area contributed by atoms with Gasteiger partial charge in [0.1, 0.15) is 5.78 Å². The molecule has 0 N–H and O–H groups in total. The van der Waals surface area contributed by atoms with Gasteiger partial charge in [-0.15, -0.1) is 0 Å². The second-order valence-electron chi connectivity index (χ2n) is 4.76. The number of rotatable bonds is 4. The molecule has 1 heterocycles. The fourth-order valence-electron chi connectivity index (χ4n) is 1.79. The Bertz CT molecular complexity index is 183. The van der Waals surface area contributed by atoms with Crippen molar-refractivity contribution in [1.29, 1.82) is 0 Å². The normalized spacial score (nSPS) is 21.1. The lowest BCUT2D eigenvalue weighted by Gasteiger charge is -2.23. The summed E-state index contributed by atoms with van der Waals surface area (Å²) in [6.07, 6.45) is 3.34. The molecule has 0 bridgehead atoms. The van der Waals surface area contributed by atoms with E-state index in [1.807, 2.05) is 11.8 Å². The average molecular weight is 214 g/mol. The van der Waals surface area contributed by atoms with Crippen LogP contribution in [0.25, 0.3) is 0 Å². The SMILES string of the molecule is CC(C)C(C)C(=O)CC1CCSCC1. The third-order valence-electron chi connectivity index (χ3n) is 3.34. The molecule has 0 aliphatic carbocycles. The molecule has 1 unspecified atom stereocenters. The van der Waals surface area contributed by atoms with Crippen molar-refractivity contribution < 1.29 is 4.79 Å². The van der Waals surface area contributed by atoms with Gasteiger partial charge in [-0.1, -0.05) is 20.8 Å². The summed E-state index contributed by atoms with van der Waals surface area (Å²) in [5.74, 6) is 4.44. The van der Waals surface area contributed by atoms with Crippen LogP contribution in [0.3, 0.4) is 0 Å². The van der Waals surface area contributed by atoms with E-state index < -0.39 is 0 Å². The molecule has 2 heteroatoms. The minimum Gasteiger partial charge on any atom is -0.299 e. The molecule has 1 aliphatic rings. The number of hydrogen-bond acceptors (Lipinski definition) is 2. The summed E-state index contributed by atoms with van der Waals surface area (Å²) in [5.41, 5.74) is 0. The molecule has 0 radical (unpaired) electrons. The highest BCUT2D eigenvalue weighted by atomic mass is 32.2. The molecule has 0 aromatic carbocycles. The van der Waals surface area contributed by atoms with E-state index in [9.17, 15) is 4.79 Å². The van der Waals surface area contributed by atoms with Gasteiger partial charge in [0.25, 0.3) is 0 Å². The van der Waals surface area contributed by atoms with Gasteiger partial charge in [0, 0.05) is 12.3 Å². The molecule has 1 fully saturated rings. The van der Waals surface area contributed by atoms with E-state index in [0.29, 0.717) is 17.6 Å². The van der Waals surface area contributed by atoms with Crippen LogP contribution in [0.15, 0.2) is 0 Å². The Morgan fingerprint density at radius 1 is 1.29 bits per heavy atom. The minimum absolute atomic E-state index is 0.254. The van der Waals surface area contributed by atoms with Crippen LogP contribution >= 0.6 is 11.8 Å². The van der Waals surface area contributed by atoms with Crippen molar-refractivity contribution in [2.75, 3.05) is 11.5 Å². The molecule has 82 valence electrons. The summed E-state index contributed by atoms with van der Waals surface area (Å²) in [5, 5.41) is 0. The molecule has 0 amide bonds. The predicted octanol–water partition coefficient (Wildman–Crippen LogP) is 3.38. The Balaban J connectivity index is 2.31. The van der Waals surface area contributed by atoms with E-state index in [1.165, 1.54) is 24.3 Å². The van der Waals surface area contributed by atoms with Crippen LogP contribution in [-0.2, 0) is 4.79 Å². The Hall–Kier alpha value is 0.0200. The fourth-order valence-corrected chi connectivity index (χ4v) is 3.00. The van der Waals surface area contributed by atoms with E-state index in [2.05, 4.69) is 20.8 Å². The monoisotopic (exact) mass is 214 g/mol. The molecule has 0 spiro atoms. The maximum Gasteiger partial charge on any atom is 0.136 e. The summed E-state index contributed by atoms with van der Waals surface area (Å²) >= 11 is 2.03. The van der Waals surface area contributed by atoms with E-state index in [0.717, 1.165) is 6.42 Å². The quantitative estimate of drug-likeness (QED) is 0.713. The number of Topliss-reactive ketones (excluding diaryl/α,β-unsaturated/α-hetero) is 1. The molecule has 0 aromatic rings. The maximum absolute atomic E-state index is 11.8. The Morgan fingerprint density at radius 3 is 2.36 bits per heavy atom. The van der Waals surface area contributed by atoms with Gasteiger partial charge < -0.3 is 0 Å². The first-order chi connectivity index (χ1) is 6.61. The van der Waals surface area contributed by atoms with Crippen LogP contribution in [0.5, 0.6) is 0 Å². The lowest BCUT2D eigenvalue weighted by molar-refractivity contribution is -0.124. The molecule has 0 aromatic heterocycles. The van der Waals surface area contributed by atoms with Crippen LogP contribution in [-0.4, -0.2) is 17.3 Å². The predicted molar refractivity (Wildman–Crippen MR) is 63.7 cm³/mol. The highest BCUT2D eigenvalue weighted by Crippen LogP contribution is 2.27. The van der Waals surface area contributed by atoms with Crippen molar-refractivity contribution in [1.82, 2.24) is 0 Å². The molecule has 14 heavy (non-hydrogen) atoms. The van der Waals surface area contributed by atoms with Gasteiger partial charge >= 0.3 is 0 Å².